The molecule has 0 aliphatic carbocycles. The number of anilines is 3. The fraction of sp³-hybridized carbons (Fsp3) is 0.322. The number of allylic oxidation sites excluding steroid dienone is 1. The van der Waals surface area contributed by atoms with Crippen LogP contribution in [0.2, 0.25) is 0 Å². The maximum atomic E-state index is 12.9. The molecular formula is C59H71N7O15. The van der Waals surface area contributed by atoms with E-state index < -0.39 is 23.7 Å². The molecule has 7 N–H and O–H groups in total. The summed E-state index contributed by atoms with van der Waals surface area (Å²) in [6, 6.07) is 25.7. The summed E-state index contributed by atoms with van der Waals surface area (Å²) in [5, 5.41) is 18.8. The van der Waals surface area contributed by atoms with Gasteiger partial charge in [0.2, 0.25) is 5.91 Å². The number of amides is 7. The van der Waals surface area contributed by atoms with E-state index in [0.717, 1.165) is 5.56 Å². The quantitative estimate of drug-likeness (QED) is 0.0183. The van der Waals surface area contributed by atoms with E-state index in [0.29, 0.717) is 44.9 Å². The smallest absolute Gasteiger partial charge is 0.410 e. The van der Waals surface area contributed by atoms with E-state index in [4.69, 9.17) is 33.2 Å². The minimum Gasteiger partial charge on any atom is -0.410 e. The molecule has 81 heavy (non-hydrogen) atoms. The van der Waals surface area contributed by atoms with E-state index in [-0.39, 0.29) is 139 Å². The van der Waals surface area contributed by atoms with E-state index in [9.17, 15) is 38.4 Å². The highest BCUT2D eigenvalue weighted by Crippen LogP contribution is 2.22. The van der Waals surface area contributed by atoms with Crippen LogP contribution < -0.4 is 51.4 Å². The largest absolute Gasteiger partial charge is 0.412 e. The molecule has 22 nitrogen and oxygen atoms in total. The maximum Gasteiger partial charge on any atom is 0.412 e. The lowest BCUT2D eigenvalue weighted by Gasteiger charge is -2.33. The summed E-state index contributed by atoms with van der Waals surface area (Å²) >= 11 is 0. The summed E-state index contributed by atoms with van der Waals surface area (Å²) in [5.41, 5.74) is 3.36. The molecule has 4 aromatic rings. The van der Waals surface area contributed by atoms with Crippen LogP contribution in [0.25, 0.3) is 0 Å². The summed E-state index contributed by atoms with van der Waals surface area (Å²) in [6.07, 6.45) is -2.05. The van der Waals surface area contributed by atoms with Crippen molar-refractivity contribution in [3.05, 3.63) is 157 Å². The van der Waals surface area contributed by atoms with Crippen LogP contribution in [0.3, 0.4) is 0 Å². The second kappa shape index (κ2) is 34.1. The van der Waals surface area contributed by atoms with Crippen molar-refractivity contribution in [1.29, 1.82) is 0 Å². The predicted octanol–water partition coefficient (Wildman–Crippen LogP) is 7.00. The monoisotopic (exact) mass is 1120 g/mol. The van der Waals surface area contributed by atoms with Crippen molar-refractivity contribution in [2.75, 3.05) is 95.0 Å². The van der Waals surface area contributed by atoms with Crippen LogP contribution in [0.1, 0.15) is 38.8 Å². The van der Waals surface area contributed by atoms with Crippen LogP contribution >= 0.6 is 0 Å². The molecule has 0 fully saturated rings. The number of rotatable bonds is 34. The zero-order chi connectivity index (χ0) is 59.2. The fourth-order valence-corrected chi connectivity index (χ4v) is 6.66. The summed E-state index contributed by atoms with van der Waals surface area (Å²) in [4.78, 5) is 99.1. The van der Waals surface area contributed by atoms with E-state index >= 15 is 0 Å². The number of ether oxygens (including phenoxy) is 7. The predicted molar refractivity (Wildman–Crippen MR) is 304 cm³/mol. The van der Waals surface area contributed by atoms with E-state index in [1.807, 2.05) is 0 Å². The van der Waals surface area contributed by atoms with Gasteiger partial charge in [0.05, 0.1) is 64.7 Å². The lowest BCUT2D eigenvalue weighted by Crippen LogP contribution is -2.44. The van der Waals surface area contributed by atoms with Crippen molar-refractivity contribution in [3.8, 4) is 17.2 Å². The fourth-order valence-electron chi connectivity index (χ4n) is 6.66. The molecule has 22 heteroatoms. The molecular weight excluding hydrogens is 1050 g/mol. The first-order valence-corrected chi connectivity index (χ1v) is 25.6. The normalized spacial score (nSPS) is 10.7. The summed E-state index contributed by atoms with van der Waals surface area (Å²) in [7, 11) is 0. The average molecular weight is 1120 g/mol. The molecule has 0 aliphatic rings. The van der Waals surface area contributed by atoms with Gasteiger partial charge in [0.25, 0.3) is 17.7 Å². The van der Waals surface area contributed by atoms with Crippen molar-refractivity contribution < 1.29 is 71.5 Å². The standard InChI is InChI=1S/C59H71N7O15/c1-39(2)51(67)33-43-11-19-48(20-12-43)79-56(72)61-26-30-76-36-59(35-75-29-25-60-52(68)34-44-9-13-45(14-10-44)64-53(69)40(3)4,37-77-31-27-62-57(73)80-49-21-15-46(16-22-49)65-54(70)41(5)6)38-78-32-28-63-58(74)81-50-23-17-47(18-24-50)66-55(71)42(7)8/h9-24H,1,3,5,7,25-38H2,2,4,6,8H3,(H,60,68)(H,61,72)(H,62,73)(H,63,74)(H,64,69)(H,65,70)(H,66,71). The topological polar surface area (TPSA) is 285 Å². The number of nitrogens with one attached hydrogen (secondary N) is 7. The Kier molecular flexibility index (Phi) is 27.2. The molecule has 0 bridgehead atoms. The Bertz CT molecular complexity index is 2450. The van der Waals surface area contributed by atoms with Crippen LogP contribution in [0, 0.1) is 5.41 Å². The molecule has 4 rings (SSSR count). The highest BCUT2D eigenvalue weighted by molar-refractivity contribution is 6.04. The molecule has 0 unspecified atom stereocenters. The molecule has 0 radical (unpaired) electrons. The van der Waals surface area contributed by atoms with E-state index in [2.05, 4.69) is 63.5 Å². The van der Waals surface area contributed by atoms with Gasteiger partial charge in [0.15, 0.2) is 5.78 Å². The van der Waals surface area contributed by atoms with E-state index in [1.165, 1.54) is 24.3 Å². The number of carbonyl (C=O) groups is 8. The number of hydrogen-bond acceptors (Lipinski definition) is 15. The number of ketones is 1. The lowest BCUT2D eigenvalue weighted by atomic mass is 9.92. The van der Waals surface area contributed by atoms with Crippen molar-refractivity contribution in [2.45, 2.75) is 40.5 Å². The highest BCUT2D eigenvalue weighted by atomic mass is 16.6. The average Bonchev–Trinajstić information content (AvgIpc) is 3.42. The Balaban J connectivity index is 1.39. The Hall–Kier alpha value is -8.96. The first-order valence-electron chi connectivity index (χ1n) is 25.6. The third-order valence-electron chi connectivity index (χ3n) is 11.1. The molecule has 4 aromatic carbocycles. The van der Waals surface area contributed by atoms with Crippen molar-refractivity contribution >= 4 is 64.8 Å². The molecule has 0 spiro atoms. The van der Waals surface area contributed by atoms with Gasteiger partial charge >= 0.3 is 18.3 Å². The minimum atomic E-state index is -1.07. The van der Waals surface area contributed by atoms with Gasteiger partial charge in [0, 0.05) is 66.4 Å². The second-order valence-electron chi connectivity index (χ2n) is 18.7. The highest BCUT2D eigenvalue weighted by Gasteiger charge is 2.33. The van der Waals surface area contributed by atoms with Gasteiger partial charge in [-0.15, -0.1) is 0 Å². The number of carbonyl (C=O) groups excluding carboxylic acids is 8. The van der Waals surface area contributed by atoms with Gasteiger partial charge in [-0.3, -0.25) is 24.0 Å². The van der Waals surface area contributed by atoms with Gasteiger partial charge in [-0.2, -0.15) is 0 Å². The molecule has 0 saturated heterocycles. The molecule has 0 aliphatic heterocycles. The molecule has 0 atom stereocenters. The Labute approximate surface area is 471 Å². The molecule has 0 heterocycles. The van der Waals surface area contributed by atoms with Crippen LogP contribution in [-0.4, -0.2) is 127 Å². The number of hydrogen-bond donors (Lipinski definition) is 7. The summed E-state index contributed by atoms with van der Waals surface area (Å²) in [6.45, 7) is 20.9. The molecule has 0 aromatic heterocycles. The van der Waals surface area contributed by atoms with Crippen LogP contribution in [0.5, 0.6) is 17.2 Å². The SMILES string of the molecule is C=C(C)C(=O)Cc1ccc(OC(=O)NCCOCC(COCCNC(=O)Cc2ccc(NC(=O)C(=C)C)cc2)(COCCNC(=O)Oc2ccc(NC(=O)C(=C)C)cc2)COCCNC(=O)Oc2ccc(NC(=O)C(=C)C)cc2)cc1. The van der Waals surface area contributed by atoms with Crippen LogP contribution in [0.4, 0.5) is 31.4 Å². The molecule has 432 valence electrons. The van der Waals surface area contributed by atoms with E-state index in [1.54, 1.807) is 100 Å². The van der Waals surface area contributed by atoms with Crippen molar-refractivity contribution in [1.82, 2.24) is 21.3 Å². The third kappa shape index (κ3) is 25.6. The van der Waals surface area contributed by atoms with Crippen LogP contribution in [0.15, 0.2) is 146 Å². The van der Waals surface area contributed by atoms with Gasteiger partial charge in [-0.25, -0.2) is 14.4 Å². The first kappa shape index (κ1) is 64.6. The zero-order valence-electron chi connectivity index (χ0n) is 46.1. The van der Waals surface area contributed by atoms with Crippen molar-refractivity contribution in [2.24, 2.45) is 5.41 Å². The third-order valence-corrected chi connectivity index (χ3v) is 11.1. The Morgan fingerprint density at radius 2 is 0.667 bits per heavy atom. The van der Waals surface area contributed by atoms with Crippen LogP contribution in [-0.2, 0) is 55.8 Å². The minimum absolute atomic E-state index is 0.000602. The summed E-state index contributed by atoms with van der Waals surface area (Å²) in [5.74, 6) is -0.704. The van der Waals surface area contributed by atoms with Gasteiger partial charge in [-0.1, -0.05) is 50.6 Å². The first-order chi connectivity index (χ1) is 38.7. The second-order valence-corrected chi connectivity index (χ2v) is 18.7. The molecule has 7 amide bonds. The van der Waals surface area contributed by atoms with Gasteiger partial charge in [-0.05, 0) is 117 Å². The summed E-state index contributed by atoms with van der Waals surface area (Å²) < 4.78 is 40.6. The maximum absolute atomic E-state index is 12.9. The molecule has 0 saturated carbocycles. The van der Waals surface area contributed by atoms with Gasteiger partial charge in [0.1, 0.15) is 17.2 Å². The van der Waals surface area contributed by atoms with Gasteiger partial charge < -0.3 is 70.4 Å². The Morgan fingerprint density at radius 1 is 0.383 bits per heavy atom. The van der Waals surface area contributed by atoms with Crippen molar-refractivity contribution in [3.63, 3.8) is 0 Å². The number of benzene rings is 4. The lowest BCUT2D eigenvalue weighted by molar-refractivity contribution is -0.121. The zero-order valence-corrected chi connectivity index (χ0v) is 46.1. The Morgan fingerprint density at radius 3 is 0.988 bits per heavy atom. The number of Topliss-reactive ketones (excluding diaryl/α,β-unsaturated/α-hetero) is 1.